The molecule has 10 nitrogen and oxygen atoms in total. The summed E-state index contributed by atoms with van der Waals surface area (Å²) in [6.45, 7) is 9.37. The van der Waals surface area contributed by atoms with Crippen molar-refractivity contribution in [2.75, 3.05) is 11.5 Å². The molecule has 0 aliphatic heterocycles. The molecular formula is C32H34N8O2S4. The average molecular weight is 691 g/mol. The molecule has 6 heterocycles. The molecule has 0 N–H and O–H groups in total. The average Bonchev–Trinajstić information content (AvgIpc) is 3.73. The first-order valence-electron chi connectivity index (χ1n) is 15.3. The van der Waals surface area contributed by atoms with Gasteiger partial charge in [-0.3, -0.25) is 9.59 Å². The number of unbranched alkanes of at least 4 members (excludes halogenated alkanes) is 3. The molecule has 0 spiro atoms. The molecule has 0 aliphatic rings. The molecule has 0 aromatic carbocycles. The quantitative estimate of drug-likeness (QED) is 0.0905. The molecule has 238 valence electrons. The zero-order valence-electron chi connectivity index (χ0n) is 26.1. The van der Waals surface area contributed by atoms with Gasteiger partial charge in [0.25, 0.3) is 0 Å². The van der Waals surface area contributed by atoms with Gasteiger partial charge in [0, 0.05) is 48.4 Å². The van der Waals surface area contributed by atoms with Crippen molar-refractivity contribution in [3.63, 3.8) is 0 Å². The number of hydrogen-bond acceptors (Lipinski definition) is 12. The second-order valence-corrected chi connectivity index (χ2v) is 15.5. The van der Waals surface area contributed by atoms with Gasteiger partial charge in [0.15, 0.2) is 18.7 Å². The van der Waals surface area contributed by atoms with E-state index >= 15 is 0 Å². The van der Waals surface area contributed by atoms with Crippen LogP contribution in [0, 0.1) is 13.8 Å². The third kappa shape index (κ3) is 6.94. The molecule has 0 bridgehead atoms. The molecule has 46 heavy (non-hydrogen) atoms. The lowest BCUT2D eigenvalue weighted by molar-refractivity contribution is 0.711. The van der Waals surface area contributed by atoms with Crippen molar-refractivity contribution in [2.45, 2.75) is 75.1 Å². The van der Waals surface area contributed by atoms with Crippen molar-refractivity contribution < 1.29 is 0 Å². The Morgan fingerprint density at radius 2 is 1.07 bits per heavy atom. The molecule has 0 fully saturated rings. The van der Waals surface area contributed by atoms with Crippen molar-refractivity contribution in [3.8, 4) is 21.1 Å². The van der Waals surface area contributed by atoms with E-state index in [-0.39, 0.29) is 10.9 Å². The Balaban J connectivity index is 0.964. The summed E-state index contributed by atoms with van der Waals surface area (Å²) in [6.07, 6.45) is 8.13. The highest BCUT2D eigenvalue weighted by atomic mass is 32.2. The summed E-state index contributed by atoms with van der Waals surface area (Å²) in [7, 11) is 0. The van der Waals surface area contributed by atoms with Crippen LogP contribution in [0.4, 0.5) is 0 Å². The first kappa shape index (κ1) is 32.5. The maximum atomic E-state index is 13.2. The maximum Gasteiger partial charge on any atom is 0.201 e. The Labute approximate surface area is 282 Å². The summed E-state index contributed by atoms with van der Waals surface area (Å²) >= 11 is 6.33. The van der Waals surface area contributed by atoms with E-state index < -0.39 is 0 Å². The first-order valence-corrected chi connectivity index (χ1v) is 18.9. The molecule has 0 atom stereocenters. The molecule has 0 unspecified atom stereocenters. The van der Waals surface area contributed by atoms with E-state index in [1.807, 2.05) is 73.5 Å². The lowest BCUT2D eigenvalue weighted by Crippen LogP contribution is -2.13. The topological polar surface area (TPSA) is 121 Å². The molecule has 0 amide bonds. The van der Waals surface area contributed by atoms with Gasteiger partial charge in [0.1, 0.15) is 11.3 Å². The highest BCUT2D eigenvalue weighted by molar-refractivity contribution is 8.01. The Morgan fingerprint density at radius 1 is 0.630 bits per heavy atom. The predicted molar refractivity (Wildman–Crippen MR) is 191 cm³/mol. The van der Waals surface area contributed by atoms with Gasteiger partial charge in [-0.25, -0.2) is 9.97 Å². The van der Waals surface area contributed by atoms with Crippen LogP contribution in [0.3, 0.4) is 0 Å². The lowest BCUT2D eigenvalue weighted by atomic mass is 10.2. The Kier molecular flexibility index (Phi) is 10.3. The van der Waals surface area contributed by atoms with E-state index in [9.17, 15) is 9.59 Å². The summed E-state index contributed by atoms with van der Waals surface area (Å²) in [6, 6.07) is 7.45. The summed E-state index contributed by atoms with van der Waals surface area (Å²) < 4.78 is 5.77. The molecule has 14 heteroatoms. The number of thioether (sulfide) groups is 2. The molecule has 6 rings (SSSR count). The molecule has 0 radical (unpaired) electrons. The number of nitrogens with zero attached hydrogens (tertiary/aromatic N) is 8. The normalized spacial score (nSPS) is 11.7. The van der Waals surface area contributed by atoms with Crippen molar-refractivity contribution in [1.82, 2.24) is 39.5 Å². The maximum absolute atomic E-state index is 13.2. The van der Waals surface area contributed by atoms with E-state index in [0.717, 1.165) is 57.3 Å². The molecule has 6 aromatic heterocycles. The molecular weight excluding hydrogens is 657 g/mol. The van der Waals surface area contributed by atoms with Gasteiger partial charge in [-0.15, -0.1) is 20.4 Å². The number of pyridine rings is 4. The summed E-state index contributed by atoms with van der Waals surface area (Å²) in [5.74, 6) is 1.91. The van der Waals surface area contributed by atoms with Gasteiger partial charge >= 0.3 is 0 Å². The van der Waals surface area contributed by atoms with Crippen molar-refractivity contribution in [2.24, 2.45) is 0 Å². The second-order valence-electron chi connectivity index (χ2n) is 10.8. The minimum absolute atomic E-state index is 0.0522. The molecule has 0 aliphatic carbocycles. The standard InChI is InChI=1S/C32H34N8O2S4/c1-5-39-17-23(25(41)21-13-11-19(3)33-27(21)39)29-35-37-31(45-29)43-15-9-7-8-10-16-44-32-38-36-30(46-32)24-18-40(6-2)28-22(26(24)42)14-12-20(4)34-28/h11-14,17-18H,5-10,15-16H2,1-4H3. The summed E-state index contributed by atoms with van der Waals surface area (Å²) in [5.41, 5.74) is 4.23. The fourth-order valence-electron chi connectivity index (χ4n) is 5.14. The van der Waals surface area contributed by atoms with Crippen LogP contribution in [-0.4, -0.2) is 51.0 Å². The fraction of sp³-hybridized carbons (Fsp3) is 0.375. The van der Waals surface area contributed by atoms with Crippen molar-refractivity contribution in [3.05, 3.63) is 68.5 Å². The molecule has 6 aromatic rings. The van der Waals surface area contributed by atoms with Gasteiger partial charge in [-0.1, -0.05) is 59.0 Å². The number of aromatic nitrogens is 8. The van der Waals surface area contributed by atoms with Gasteiger partial charge in [0.05, 0.1) is 21.9 Å². The van der Waals surface area contributed by atoms with Crippen molar-refractivity contribution >= 4 is 68.3 Å². The van der Waals surface area contributed by atoms with Gasteiger partial charge in [-0.05, 0) is 64.8 Å². The van der Waals surface area contributed by atoms with Crippen LogP contribution in [0.5, 0.6) is 0 Å². The second kappa shape index (κ2) is 14.5. The monoisotopic (exact) mass is 690 g/mol. The summed E-state index contributed by atoms with van der Waals surface area (Å²) in [5, 5.41) is 19.9. The third-order valence-corrected chi connectivity index (χ3v) is 11.9. The van der Waals surface area contributed by atoms with Gasteiger partial charge in [0.2, 0.25) is 10.9 Å². The zero-order chi connectivity index (χ0) is 32.2. The smallest absolute Gasteiger partial charge is 0.201 e. The number of rotatable bonds is 13. The van der Waals surface area contributed by atoms with E-state index in [1.165, 1.54) is 22.7 Å². The largest absolute Gasteiger partial charge is 0.332 e. The Bertz CT molecular complexity index is 1980. The highest BCUT2D eigenvalue weighted by Gasteiger charge is 2.17. The van der Waals surface area contributed by atoms with Crippen LogP contribution in [0.2, 0.25) is 0 Å². The lowest BCUT2D eigenvalue weighted by Gasteiger charge is -2.09. The first-order chi connectivity index (χ1) is 22.4. The third-order valence-electron chi connectivity index (χ3n) is 7.57. The van der Waals surface area contributed by atoms with Crippen LogP contribution in [0.15, 0.2) is 54.9 Å². The van der Waals surface area contributed by atoms with Gasteiger partial charge in [-0.2, -0.15) is 0 Å². The predicted octanol–water partition coefficient (Wildman–Crippen LogP) is 7.24. The SMILES string of the molecule is CCn1cc(-c2nnc(SCCCCCCSc3nnc(-c4cn(CC)c5nc(C)ccc5c4=O)s3)s2)c(=O)c2ccc(C)nc21. The molecule has 0 saturated heterocycles. The van der Waals surface area contributed by atoms with Gasteiger partial charge < -0.3 is 9.13 Å². The zero-order valence-corrected chi connectivity index (χ0v) is 29.4. The van der Waals surface area contributed by atoms with Crippen molar-refractivity contribution in [1.29, 1.82) is 0 Å². The van der Waals surface area contributed by atoms with Crippen LogP contribution in [0.25, 0.3) is 43.2 Å². The molecule has 0 saturated carbocycles. The van der Waals surface area contributed by atoms with E-state index in [2.05, 4.69) is 30.4 Å². The number of fused-ring (bicyclic) bond motifs is 2. The Hall–Kier alpha value is -3.46. The number of hydrogen-bond donors (Lipinski definition) is 0. The minimum Gasteiger partial charge on any atom is -0.332 e. The number of aryl methyl sites for hydroxylation is 4. The van der Waals surface area contributed by atoms with E-state index in [1.54, 1.807) is 23.5 Å². The fourth-order valence-corrected chi connectivity index (χ4v) is 8.99. The van der Waals surface area contributed by atoms with Crippen LogP contribution in [-0.2, 0) is 13.1 Å². The Morgan fingerprint density at radius 3 is 1.48 bits per heavy atom. The minimum atomic E-state index is -0.0522. The van der Waals surface area contributed by atoms with E-state index in [4.69, 9.17) is 0 Å². The van der Waals surface area contributed by atoms with Crippen LogP contribution >= 0.6 is 46.2 Å². The van der Waals surface area contributed by atoms with E-state index in [0.29, 0.717) is 56.3 Å². The van der Waals surface area contributed by atoms with Crippen LogP contribution in [0.1, 0.15) is 50.9 Å². The van der Waals surface area contributed by atoms with Crippen LogP contribution < -0.4 is 10.9 Å². The summed E-state index contributed by atoms with van der Waals surface area (Å²) in [4.78, 5) is 35.6. The highest BCUT2D eigenvalue weighted by Crippen LogP contribution is 2.31.